The molecular formula is C37H66O3. The van der Waals surface area contributed by atoms with Gasteiger partial charge in [-0.25, -0.2) is 0 Å². The van der Waals surface area contributed by atoms with Crippen LogP contribution in [0.3, 0.4) is 0 Å². The number of hydrogen-bond donors (Lipinski definition) is 3. The molecule has 5 saturated carbocycles. The first-order valence-corrected chi connectivity index (χ1v) is 17.8. The maximum Gasteiger partial charge on any atom is 0.0657 e. The fourth-order valence-electron chi connectivity index (χ4n) is 13.8. The highest BCUT2D eigenvalue weighted by Crippen LogP contribution is 2.78. The molecule has 0 aromatic carbocycles. The molecule has 5 rings (SSSR count). The average molecular weight is 559 g/mol. The first-order chi connectivity index (χ1) is 18.8. The van der Waals surface area contributed by atoms with Gasteiger partial charge in [0.25, 0.3) is 0 Å². The van der Waals surface area contributed by atoms with Gasteiger partial charge < -0.3 is 15.3 Å². The fraction of sp³-hybridized carbons (Fsp3) is 1.00. The van der Waals surface area contributed by atoms with Crippen molar-refractivity contribution in [2.45, 2.75) is 145 Å². The first kappa shape index (κ1) is 31.3. The molecule has 5 aliphatic carbocycles. The van der Waals surface area contributed by atoms with Crippen molar-refractivity contribution in [1.82, 2.24) is 0 Å². The van der Waals surface area contributed by atoms with E-state index in [9.17, 15) is 15.3 Å². The van der Waals surface area contributed by atoms with Gasteiger partial charge in [0.2, 0.25) is 0 Å². The minimum absolute atomic E-state index is 0.0405. The molecule has 0 aromatic heterocycles. The smallest absolute Gasteiger partial charge is 0.0657 e. The van der Waals surface area contributed by atoms with Crippen LogP contribution in [0.1, 0.15) is 127 Å². The Bertz CT molecular complexity index is 900. The van der Waals surface area contributed by atoms with Gasteiger partial charge in [0.15, 0.2) is 0 Å². The molecule has 0 saturated heterocycles. The summed E-state index contributed by atoms with van der Waals surface area (Å²) in [4.78, 5) is 0. The van der Waals surface area contributed by atoms with Crippen molar-refractivity contribution >= 4 is 0 Å². The van der Waals surface area contributed by atoms with Gasteiger partial charge >= 0.3 is 0 Å². The summed E-state index contributed by atoms with van der Waals surface area (Å²) in [5.41, 5.74) is -0.362. The Morgan fingerprint density at radius 1 is 0.850 bits per heavy atom. The van der Waals surface area contributed by atoms with Gasteiger partial charge in [-0.15, -0.1) is 0 Å². The third-order valence-corrected chi connectivity index (χ3v) is 16.1. The third kappa shape index (κ3) is 3.97. The second-order valence-corrected chi connectivity index (χ2v) is 16.9. The Kier molecular flexibility index (Phi) is 8.45. The zero-order valence-electron chi connectivity index (χ0n) is 27.9. The van der Waals surface area contributed by atoms with Crippen molar-refractivity contribution in [3.63, 3.8) is 0 Å². The van der Waals surface area contributed by atoms with Crippen LogP contribution in [-0.2, 0) is 0 Å². The summed E-state index contributed by atoms with van der Waals surface area (Å²) in [6, 6.07) is 0. The largest absolute Gasteiger partial charge is 0.393 e. The Hall–Kier alpha value is -0.120. The summed E-state index contributed by atoms with van der Waals surface area (Å²) in [6.07, 6.45) is 9.24. The van der Waals surface area contributed by atoms with E-state index in [2.05, 4.69) is 69.2 Å². The molecule has 11 unspecified atom stereocenters. The number of hydrogen-bond acceptors (Lipinski definition) is 3. The van der Waals surface area contributed by atoms with Crippen LogP contribution in [-0.4, -0.2) is 33.6 Å². The van der Waals surface area contributed by atoms with Crippen molar-refractivity contribution in [3.8, 4) is 0 Å². The maximum atomic E-state index is 12.7. The molecule has 0 heterocycles. The highest BCUT2D eigenvalue weighted by molar-refractivity contribution is 5.24. The van der Waals surface area contributed by atoms with Crippen molar-refractivity contribution in [2.75, 3.05) is 0 Å². The molecule has 5 aliphatic rings. The van der Waals surface area contributed by atoms with Crippen molar-refractivity contribution in [3.05, 3.63) is 0 Å². The molecule has 3 nitrogen and oxygen atoms in total. The van der Waals surface area contributed by atoms with Crippen molar-refractivity contribution in [2.24, 2.45) is 87.3 Å². The van der Waals surface area contributed by atoms with Crippen molar-refractivity contribution in [1.29, 1.82) is 0 Å². The monoisotopic (exact) mass is 559 g/mol. The molecule has 232 valence electrons. The highest BCUT2D eigenvalue weighted by atomic mass is 16.3. The van der Waals surface area contributed by atoms with Crippen LogP contribution >= 0.6 is 0 Å². The van der Waals surface area contributed by atoms with Gasteiger partial charge in [0, 0.05) is 11.3 Å². The Labute approximate surface area is 247 Å². The summed E-state index contributed by atoms with van der Waals surface area (Å²) in [5.74, 6) is 5.18. The van der Waals surface area contributed by atoms with E-state index in [4.69, 9.17) is 0 Å². The van der Waals surface area contributed by atoms with E-state index in [0.29, 0.717) is 47.8 Å². The Morgan fingerprint density at radius 3 is 2.02 bits per heavy atom. The predicted octanol–water partition coefficient (Wildman–Crippen LogP) is 8.20. The van der Waals surface area contributed by atoms with E-state index >= 15 is 0 Å². The van der Waals surface area contributed by atoms with Crippen LogP contribution in [0.5, 0.6) is 0 Å². The summed E-state index contributed by atoms with van der Waals surface area (Å²) in [7, 11) is 0. The Morgan fingerprint density at radius 2 is 1.48 bits per heavy atom. The van der Waals surface area contributed by atoms with Gasteiger partial charge in [-0.3, -0.25) is 0 Å². The second kappa shape index (κ2) is 10.8. The standard InChI is InChI=1S/C37H66O3/c1-11-26-22(6)31(28(38)13-3)34(40)37(10)27(12-2)32-33(39)30-20(4)15-14-16-25(30)23(7)35(32,8)29(36(26,37)9)19-21(5)24-17-18-24/h20-34,38-40H,11-19H2,1-10H3/t20?,21?,22-,23-,25?,26+,27?,28?,29-,30?,31?,32?,33?,34?,35-,36+,37?/m1/s1. The molecule has 0 spiro atoms. The normalized spacial score (nSPS) is 56.0. The van der Waals surface area contributed by atoms with Gasteiger partial charge in [-0.1, -0.05) is 94.9 Å². The molecular weight excluding hydrogens is 492 g/mol. The lowest BCUT2D eigenvalue weighted by Gasteiger charge is -2.78. The molecule has 5 fully saturated rings. The van der Waals surface area contributed by atoms with E-state index in [1.54, 1.807) is 0 Å². The lowest BCUT2D eigenvalue weighted by atomic mass is 9.27. The fourth-order valence-corrected chi connectivity index (χ4v) is 13.8. The average Bonchev–Trinajstić information content (AvgIpc) is 3.77. The molecule has 0 aliphatic heterocycles. The van der Waals surface area contributed by atoms with E-state index < -0.39 is 12.2 Å². The zero-order valence-corrected chi connectivity index (χ0v) is 27.9. The quantitative estimate of drug-likeness (QED) is 0.295. The number of aliphatic hydroxyl groups is 3. The van der Waals surface area contributed by atoms with E-state index in [-0.39, 0.29) is 46.0 Å². The first-order valence-electron chi connectivity index (χ1n) is 17.8. The number of fused-ring (bicyclic) bond motifs is 3. The maximum absolute atomic E-state index is 12.7. The number of aliphatic hydroxyl groups excluding tert-OH is 3. The molecule has 17 atom stereocenters. The van der Waals surface area contributed by atoms with Crippen LogP contribution in [0.25, 0.3) is 0 Å². The molecule has 0 radical (unpaired) electrons. The zero-order chi connectivity index (χ0) is 29.5. The summed E-state index contributed by atoms with van der Waals surface area (Å²) in [6.45, 7) is 24.4. The minimum Gasteiger partial charge on any atom is -0.393 e. The Balaban J connectivity index is 1.76. The minimum atomic E-state index is -0.553. The lowest BCUT2D eigenvalue weighted by Crippen LogP contribution is -2.77. The molecule has 3 heteroatoms. The van der Waals surface area contributed by atoms with E-state index in [1.807, 2.05) is 0 Å². The van der Waals surface area contributed by atoms with Gasteiger partial charge in [0.05, 0.1) is 18.3 Å². The summed E-state index contributed by atoms with van der Waals surface area (Å²) < 4.78 is 0. The van der Waals surface area contributed by atoms with Crippen LogP contribution in [0.4, 0.5) is 0 Å². The topological polar surface area (TPSA) is 60.7 Å². The van der Waals surface area contributed by atoms with E-state index in [1.165, 1.54) is 38.5 Å². The highest BCUT2D eigenvalue weighted by Gasteiger charge is 2.77. The van der Waals surface area contributed by atoms with Crippen LogP contribution in [0, 0.1) is 87.3 Å². The van der Waals surface area contributed by atoms with E-state index in [0.717, 1.165) is 18.8 Å². The molecule has 0 bridgehead atoms. The van der Waals surface area contributed by atoms with Crippen LogP contribution in [0.2, 0.25) is 0 Å². The summed E-state index contributed by atoms with van der Waals surface area (Å²) >= 11 is 0. The van der Waals surface area contributed by atoms with Crippen LogP contribution < -0.4 is 0 Å². The third-order valence-electron chi connectivity index (χ3n) is 16.1. The SMILES string of the molecule is CCC(O)C1C(O)C2(C)C(CC)C3C(O)C4C(C)CCCC4[C@@H](C)[C@]3(C)[C@@H](CC(C)C3CC3)[C@]2(C)[C@@H](CC)[C@H]1C. The summed E-state index contributed by atoms with van der Waals surface area (Å²) in [5, 5.41) is 36.8. The van der Waals surface area contributed by atoms with Gasteiger partial charge in [0.1, 0.15) is 0 Å². The second-order valence-electron chi connectivity index (χ2n) is 16.9. The lowest BCUT2D eigenvalue weighted by molar-refractivity contribution is -0.340. The molecule has 0 amide bonds. The van der Waals surface area contributed by atoms with Gasteiger partial charge in [-0.05, 0) is 108 Å². The molecule has 40 heavy (non-hydrogen) atoms. The van der Waals surface area contributed by atoms with Gasteiger partial charge in [-0.2, -0.15) is 0 Å². The molecule has 0 aromatic rings. The molecule has 3 N–H and O–H groups in total. The van der Waals surface area contributed by atoms with Crippen molar-refractivity contribution < 1.29 is 15.3 Å². The predicted molar refractivity (Wildman–Crippen MR) is 165 cm³/mol. The number of rotatable bonds is 7. The van der Waals surface area contributed by atoms with Crippen LogP contribution in [0.15, 0.2) is 0 Å².